The molecule has 1 saturated heterocycles. The van der Waals surface area contributed by atoms with E-state index in [1.165, 1.54) is 0 Å². The lowest BCUT2D eigenvalue weighted by molar-refractivity contribution is 0.112. The van der Waals surface area contributed by atoms with Crippen LogP contribution in [0.4, 0.5) is 0 Å². The first-order valence-electron chi connectivity index (χ1n) is 3.95. The van der Waals surface area contributed by atoms with Crippen LogP contribution < -0.4 is 10.2 Å². The van der Waals surface area contributed by atoms with E-state index in [1.54, 1.807) is 18.2 Å². The van der Waals surface area contributed by atoms with Crippen molar-refractivity contribution in [2.75, 3.05) is 0 Å². The highest BCUT2D eigenvalue weighted by atomic mass is 32.2. The van der Waals surface area contributed by atoms with Crippen LogP contribution in [0.2, 0.25) is 0 Å². The van der Waals surface area contributed by atoms with Crippen molar-refractivity contribution in [3.63, 3.8) is 0 Å². The highest BCUT2D eigenvalue weighted by Crippen LogP contribution is 2.15. The molecule has 0 aliphatic carbocycles. The van der Waals surface area contributed by atoms with E-state index in [-0.39, 0.29) is 6.17 Å². The first-order chi connectivity index (χ1) is 6.79. The van der Waals surface area contributed by atoms with Crippen molar-refractivity contribution in [1.82, 2.24) is 10.2 Å². The fraction of sp³-hybridized carbons (Fsp3) is 0.125. The number of carbonyl (C=O) groups is 1. The molecule has 1 aromatic carbocycles. The Balaban J connectivity index is 2.23. The third-order valence-electron chi connectivity index (χ3n) is 1.84. The molecule has 74 valence electrons. The van der Waals surface area contributed by atoms with Gasteiger partial charge in [-0.15, -0.1) is 0 Å². The van der Waals surface area contributed by atoms with Crippen LogP contribution in [0.1, 0.15) is 22.1 Å². The number of aldehydes is 1. The lowest BCUT2D eigenvalue weighted by Crippen LogP contribution is -2.21. The Morgan fingerprint density at radius 1 is 1.50 bits per heavy atom. The van der Waals surface area contributed by atoms with Gasteiger partial charge in [0.25, 0.3) is 11.3 Å². The number of hydroxylamine groups is 1. The maximum Gasteiger partial charge on any atom is 0.253 e. The van der Waals surface area contributed by atoms with Gasteiger partial charge < -0.3 is 0 Å². The molecular weight excluding hydrogens is 204 g/mol. The van der Waals surface area contributed by atoms with Gasteiger partial charge in [0.1, 0.15) is 12.5 Å². The molecule has 1 fully saturated rings. The van der Waals surface area contributed by atoms with Gasteiger partial charge in [0.15, 0.2) is 0 Å². The summed E-state index contributed by atoms with van der Waals surface area (Å²) >= 11 is -1.51. The van der Waals surface area contributed by atoms with Crippen LogP contribution in [0.5, 0.6) is 0 Å². The van der Waals surface area contributed by atoms with Crippen molar-refractivity contribution in [3.05, 3.63) is 35.4 Å². The Labute approximate surface area is 83.2 Å². The molecule has 0 amide bonds. The molecule has 1 heterocycles. The molecule has 6 heteroatoms. The van der Waals surface area contributed by atoms with Crippen molar-refractivity contribution in [2.45, 2.75) is 6.17 Å². The highest BCUT2D eigenvalue weighted by molar-refractivity contribution is 7.78. The quantitative estimate of drug-likeness (QED) is 0.687. The lowest BCUT2D eigenvalue weighted by atomic mass is 10.1. The average molecular weight is 212 g/mol. The Bertz CT molecular complexity index is 383. The maximum atomic E-state index is 10.8. The molecule has 0 aromatic heterocycles. The summed E-state index contributed by atoms with van der Waals surface area (Å²) < 4.78 is 18.1. The smallest absolute Gasteiger partial charge is 0.253 e. The van der Waals surface area contributed by atoms with Crippen LogP contribution in [0.15, 0.2) is 24.3 Å². The first kappa shape index (κ1) is 9.47. The minimum Gasteiger partial charge on any atom is -0.298 e. The second-order valence-corrected chi connectivity index (χ2v) is 3.65. The number of nitrogens with one attached hydrogen (secondary N) is 2. The van der Waals surface area contributed by atoms with Crippen LogP contribution in [0.25, 0.3) is 0 Å². The highest BCUT2D eigenvalue weighted by Gasteiger charge is 2.22. The van der Waals surface area contributed by atoms with Gasteiger partial charge in [0.2, 0.25) is 0 Å². The van der Waals surface area contributed by atoms with Gasteiger partial charge in [-0.2, -0.15) is 14.5 Å². The standard InChI is InChI=1S/C8H8N2O3S/c11-5-6-2-1-3-7(4-6)8-9-13-14(12)10-8/h1-5,8-10H. The average Bonchev–Trinajstić information content (AvgIpc) is 2.65. The zero-order chi connectivity index (χ0) is 9.97. The van der Waals surface area contributed by atoms with Crippen LogP contribution in [-0.2, 0) is 15.6 Å². The van der Waals surface area contributed by atoms with E-state index >= 15 is 0 Å². The third kappa shape index (κ3) is 1.88. The van der Waals surface area contributed by atoms with Crippen molar-refractivity contribution in [1.29, 1.82) is 0 Å². The van der Waals surface area contributed by atoms with E-state index in [0.717, 1.165) is 11.8 Å². The molecule has 0 bridgehead atoms. The van der Waals surface area contributed by atoms with E-state index in [0.29, 0.717) is 5.56 Å². The molecular formula is C8H8N2O3S. The summed E-state index contributed by atoms with van der Waals surface area (Å²) in [5.74, 6) is 0. The summed E-state index contributed by atoms with van der Waals surface area (Å²) in [4.78, 5) is 10.5. The van der Waals surface area contributed by atoms with Gasteiger partial charge >= 0.3 is 0 Å². The van der Waals surface area contributed by atoms with Gasteiger partial charge in [-0.1, -0.05) is 18.2 Å². The number of benzene rings is 1. The Hall–Kier alpha value is -1.08. The van der Waals surface area contributed by atoms with Crippen LogP contribution in [-0.4, -0.2) is 10.5 Å². The van der Waals surface area contributed by atoms with Gasteiger partial charge in [-0.25, -0.2) is 4.21 Å². The van der Waals surface area contributed by atoms with Crippen molar-refractivity contribution < 1.29 is 13.3 Å². The molecule has 2 N–H and O–H groups in total. The Morgan fingerprint density at radius 3 is 3.00 bits per heavy atom. The van der Waals surface area contributed by atoms with E-state index in [2.05, 4.69) is 14.5 Å². The Kier molecular flexibility index (Phi) is 2.69. The summed E-state index contributed by atoms with van der Waals surface area (Å²) in [5, 5.41) is 0. The van der Waals surface area contributed by atoms with E-state index < -0.39 is 11.3 Å². The number of hydrogen-bond donors (Lipinski definition) is 2. The summed E-state index contributed by atoms with van der Waals surface area (Å²) in [6.07, 6.45) is 0.423. The van der Waals surface area contributed by atoms with Gasteiger partial charge in [0.05, 0.1) is 0 Å². The van der Waals surface area contributed by atoms with Crippen molar-refractivity contribution in [2.24, 2.45) is 0 Å². The molecule has 1 aliphatic heterocycles. The normalized spacial score (nSPS) is 26.3. The lowest BCUT2D eigenvalue weighted by Gasteiger charge is -2.07. The van der Waals surface area contributed by atoms with E-state index in [1.807, 2.05) is 6.07 Å². The molecule has 5 nitrogen and oxygen atoms in total. The van der Waals surface area contributed by atoms with Gasteiger partial charge in [0, 0.05) is 5.56 Å². The molecule has 2 atom stereocenters. The Morgan fingerprint density at radius 2 is 2.36 bits per heavy atom. The van der Waals surface area contributed by atoms with Crippen LogP contribution >= 0.6 is 0 Å². The van der Waals surface area contributed by atoms with Gasteiger partial charge in [-0.05, 0) is 11.6 Å². The van der Waals surface area contributed by atoms with E-state index in [4.69, 9.17) is 0 Å². The van der Waals surface area contributed by atoms with Crippen molar-refractivity contribution >= 4 is 17.6 Å². The maximum absolute atomic E-state index is 10.8. The van der Waals surface area contributed by atoms with Gasteiger partial charge in [-0.3, -0.25) is 4.79 Å². The molecule has 2 rings (SSSR count). The molecule has 0 spiro atoms. The summed E-state index contributed by atoms with van der Waals surface area (Å²) in [6.45, 7) is 0. The third-order valence-corrected chi connectivity index (χ3v) is 2.51. The zero-order valence-electron chi connectivity index (χ0n) is 7.10. The van der Waals surface area contributed by atoms with Crippen molar-refractivity contribution in [3.8, 4) is 0 Å². The first-order valence-corrected chi connectivity index (χ1v) is 5.03. The SMILES string of the molecule is O=Cc1cccc(C2NOS(=O)N2)c1. The number of hydrogen-bond acceptors (Lipinski definition) is 4. The summed E-state index contributed by atoms with van der Waals surface area (Å²) in [7, 11) is 0. The predicted octanol–water partition coefficient (Wildman–Crippen LogP) is 0.201. The largest absolute Gasteiger partial charge is 0.298 e. The fourth-order valence-corrected chi connectivity index (χ4v) is 1.79. The topological polar surface area (TPSA) is 67.4 Å². The zero-order valence-corrected chi connectivity index (χ0v) is 7.91. The predicted molar refractivity (Wildman–Crippen MR) is 50.1 cm³/mol. The fourth-order valence-electron chi connectivity index (χ4n) is 1.18. The monoisotopic (exact) mass is 212 g/mol. The van der Waals surface area contributed by atoms with Crippen LogP contribution in [0, 0.1) is 0 Å². The summed E-state index contributed by atoms with van der Waals surface area (Å²) in [5.41, 5.74) is 3.93. The number of carbonyl (C=O) groups excluding carboxylic acids is 1. The molecule has 2 unspecified atom stereocenters. The number of rotatable bonds is 2. The van der Waals surface area contributed by atoms with E-state index in [9.17, 15) is 9.00 Å². The minimum absolute atomic E-state index is 0.337. The molecule has 0 saturated carbocycles. The second kappa shape index (κ2) is 3.97. The minimum atomic E-state index is -1.51. The van der Waals surface area contributed by atoms with Crippen LogP contribution in [0.3, 0.4) is 0 Å². The summed E-state index contributed by atoms with van der Waals surface area (Å²) in [6, 6.07) is 6.96. The molecule has 1 aromatic rings. The molecule has 1 aliphatic rings. The molecule has 14 heavy (non-hydrogen) atoms. The second-order valence-electron chi connectivity index (χ2n) is 2.77. The molecule has 0 radical (unpaired) electrons.